The van der Waals surface area contributed by atoms with Crippen LogP contribution in [0.25, 0.3) is 0 Å². The van der Waals surface area contributed by atoms with Gasteiger partial charge in [0.15, 0.2) is 0 Å². The molecule has 0 aliphatic carbocycles. The average molecular weight is 310 g/mol. The van der Waals surface area contributed by atoms with Crippen molar-refractivity contribution in [2.75, 3.05) is 11.4 Å². The Morgan fingerprint density at radius 1 is 1.17 bits per heavy atom. The van der Waals surface area contributed by atoms with Gasteiger partial charge in [0.25, 0.3) is 11.7 Å². The van der Waals surface area contributed by atoms with E-state index in [2.05, 4.69) is 22.9 Å². The van der Waals surface area contributed by atoms with Crippen LogP contribution in [-0.4, -0.2) is 18.2 Å². The van der Waals surface area contributed by atoms with E-state index in [0.717, 1.165) is 29.4 Å². The number of ketones is 1. The monoisotopic (exact) mass is 309 g/mol. The Hall–Kier alpha value is -1.16. The quantitative estimate of drug-likeness (QED) is 0.616. The summed E-state index contributed by atoms with van der Waals surface area (Å²) in [5, 5.41) is 0. The molecular weight excluding hydrogens is 294 g/mol. The summed E-state index contributed by atoms with van der Waals surface area (Å²) in [5.41, 5.74) is 1.27. The number of amides is 1. The first-order chi connectivity index (χ1) is 8.65. The molecule has 0 spiro atoms. The summed E-state index contributed by atoms with van der Waals surface area (Å²) in [6.45, 7) is 2.78. The zero-order valence-corrected chi connectivity index (χ0v) is 12.0. The molecule has 96 valence electrons. The molecule has 1 amide bonds. The Kier molecular flexibility index (Phi) is 4.17. The maximum atomic E-state index is 11.9. The molecule has 0 atom stereocenters. The second-order valence-corrected chi connectivity index (χ2v) is 5.42. The largest absolute Gasteiger partial charge is 0.305 e. The van der Waals surface area contributed by atoms with Crippen LogP contribution in [0.3, 0.4) is 0 Å². The minimum atomic E-state index is -0.389. The smallest absolute Gasteiger partial charge is 0.299 e. The van der Waals surface area contributed by atoms with Gasteiger partial charge in [0.1, 0.15) is 0 Å². The minimum Gasteiger partial charge on any atom is -0.305 e. The maximum Gasteiger partial charge on any atom is 0.299 e. The van der Waals surface area contributed by atoms with E-state index in [0.29, 0.717) is 12.1 Å². The molecule has 0 fully saturated rings. The molecule has 0 N–H and O–H groups in total. The van der Waals surface area contributed by atoms with E-state index in [1.165, 1.54) is 6.42 Å². The van der Waals surface area contributed by atoms with Crippen LogP contribution in [0.15, 0.2) is 22.7 Å². The molecule has 1 aliphatic heterocycles. The summed E-state index contributed by atoms with van der Waals surface area (Å²) in [4.78, 5) is 25.3. The summed E-state index contributed by atoms with van der Waals surface area (Å²) in [5.74, 6) is -0.771. The van der Waals surface area contributed by atoms with E-state index in [1.807, 2.05) is 6.07 Å². The number of halogens is 1. The van der Waals surface area contributed by atoms with Crippen molar-refractivity contribution in [2.45, 2.75) is 32.6 Å². The Morgan fingerprint density at radius 2 is 1.94 bits per heavy atom. The standard InChI is InChI=1S/C14H16BrNO2/c1-2-3-4-5-8-16-12-9-10(15)6-7-11(12)13(17)14(16)18/h6-7,9H,2-5,8H2,1H3. The van der Waals surface area contributed by atoms with Crippen LogP contribution < -0.4 is 4.90 Å². The molecule has 0 unspecified atom stereocenters. The summed E-state index contributed by atoms with van der Waals surface area (Å²) < 4.78 is 0.891. The molecule has 0 bridgehead atoms. The van der Waals surface area contributed by atoms with Gasteiger partial charge in [-0.3, -0.25) is 9.59 Å². The van der Waals surface area contributed by atoms with Gasteiger partial charge in [-0.1, -0.05) is 42.1 Å². The Balaban J connectivity index is 2.14. The predicted octanol–water partition coefficient (Wildman–Crippen LogP) is 3.56. The van der Waals surface area contributed by atoms with Crippen LogP contribution in [-0.2, 0) is 4.79 Å². The first-order valence-electron chi connectivity index (χ1n) is 6.31. The van der Waals surface area contributed by atoms with Gasteiger partial charge >= 0.3 is 0 Å². The van der Waals surface area contributed by atoms with Crippen molar-refractivity contribution in [1.29, 1.82) is 0 Å². The highest BCUT2D eigenvalue weighted by Gasteiger charge is 2.35. The van der Waals surface area contributed by atoms with Crippen molar-refractivity contribution in [3.63, 3.8) is 0 Å². The second kappa shape index (κ2) is 5.65. The van der Waals surface area contributed by atoms with Gasteiger partial charge in [-0.25, -0.2) is 0 Å². The third-order valence-electron chi connectivity index (χ3n) is 3.17. The number of hydrogen-bond acceptors (Lipinski definition) is 2. The number of hydrogen-bond donors (Lipinski definition) is 0. The molecule has 0 aromatic heterocycles. The molecule has 0 radical (unpaired) electrons. The van der Waals surface area contributed by atoms with Crippen molar-refractivity contribution < 1.29 is 9.59 Å². The predicted molar refractivity (Wildman–Crippen MR) is 75.0 cm³/mol. The second-order valence-electron chi connectivity index (χ2n) is 4.51. The molecule has 1 aromatic rings. The van der Waals surface area contributed by atoms with E-state index in [-0.39, 0.29) is 11.7 Å². The number of rotatable bonds is 5. The average Bonchev–Trinajstić information content (AvgIpc) is 2.59. The van der Waals surface area contributed by atoms with Gasteiger partial charge in [0.05, 0.1) is 11.3 Å². The normalized spacial score (nSPS) is 14.2. The van der Waals surface area contributed by atoms with Gasteiger partial charge in [-0.05, 0) is 24.6 Å². The van der Waals surface area contributed by atoms with Crippen molar-refractivity contribution in [2.24, 2.45) is 0 Å². The van der Waals surface area contributed by atoms with Crippen LogP contribution in [0.2, 0.25) is 0 Å². The van der Waals surface area contributed by atoms with Crippen LogP contribution in [0.4, 0.5) is 5.69 Å². The van der Waals surface area contributed by atoms with Crippen molar-refractivity contribution >= 4 is 33.3 Å². The first-order valence-corrected chi connectivity index (χ1v) is 7.10. The molecule has 0 saturated heterocycles. The maximum absolute atomic E-state index is 11.9. The fourth-order valence-electron chi connectivity index (χ4n) is 2.19. The van der Waals surface area contributed by atoms with Crippen LogP contribution in [0, 0.1) is 0 Å². The summed E-state index contributed by atoms with van der Waals surface area (Å²) in [7, 11) is 0. The fraction of sp³-hybridized carbons (Fsp3) is 0.429. The topological polar surface area (TPSA) is 37.4 Å². The number of unbranched alkanes of at least 4 members (excludes halogenated alkanes) is 3. The lowest BCUT2D eigenvalue weighted by atomic mass is 10.1. The van der Waals surface area contributed by atoms with Crippen molar-refractivity contribution in [3.8, 4) is 0 Å². The molecule has 4 heteroatoms. The summed E-state index contributed by atoms with van der Waals surface area (Å²) in [6, 6.07) is 5.36. The van der Waals surface area contributed by atoms with E-state index in [9.17, 15) is 9.59 Å². The van der Waals surface area contributed by atoms with E-state index >= 15 is 0 Å². The number of carbonyl (C=O) groups is 2. The Labute approximate surface area is 115 Å². The van der Waals surface area contributed by atoms with E-state index in [4.69, 9.17) is 0 Å². The van der Waals surface area contributed by atoms with Gasteiger partial charge < -0.3 is 4.90 Å². The number of nitrogens with zero attached hydrogens (tertiary/aromatic N) is 1. The molecule has 1 aromatic carbocycles. The van der Waals surface area contributed by atoms with E-state index in [1.54, 1.807) is 17.0 Å². The van der Waals surface area contributed by atoms with Crippen LogP contribution in [0.5, 0.6) is 0 Å². The molecule has 18 heavy (non-hydrogen) atoms. The van der Waals surface area contributed by atoms with Crippen LogP contribution >= 0.6 is 15.9 Å². The highest BCUT2D eigenvalue weighted by Crippen LogP contribution is 2.31. The highest BCUT2D eigenvalue weighted by atomic mass is 79.9. The summed E-state index contributed by atoms with van der Waals surface area (Å²) in [6.07, 6.45) is 4.37. The Morgan fingerprint density at radius 3 is 2.67 bits per heavy atom. The number of carbonyl (C=O) groups excluding carboxylic acids is 2. The summed E-state index contributed by atoms with van der Waals surface area (Å²) >= 11 is 3.38. The van der Waals surface area contributed by atoms with Crippen LogP contribution in [0.1, 0.15) is 43.0 Å². The number of benzene rings is 1. The number of anilines is 1. The van der Waals surface area contributed by atoms with Crippen molar-refractivity contribution in [3.05, 3.63) is 28.2 Å². The van der Waals surface area contributed by atoms with Gasteiger partial charge in [-0.15, -0.1) is 0 Å². The molecule has 1 heterocycles. The lowest BCUT2D eigenvalue weighted by Gasteiger charge is -2.16. The Bertz CT molecular complexity index is 485. The van der Waals surface area contributed by atoms with E-state index < -0.39 is 0 Å². The third kappa shape index (κ3) is 2.48. The molecule has 1 aliphatic rings. The molecular formula is C14H16BrNO2. The lowest BCUT2D eigenvalue weighted by Crippen LogP contribution is -2.30. The number of fused-ring (bicyclic) bond motifs is 1. The first kappa shape index (κ1) is 13.3. The molecule has 2 rings (SSSR count). The third-order valence-corrected chi connectivity index (χ3v) is 3.66. The zero-order valence-electron chi connectivity index (χ0n) is 10.4. The zero-order chi connectivity index (χ0) is 13.1. The molecule has 3 nitrogen and oxygen atoms in total. The SMILES string of the molecule is CCCCCCN1C(=O)C(=O)c2ccc(Br)cc21. The highest BCUT2D eigenvalue weighted by molar-refractivity contribution is 9.10. The van der Waals surface area contributed by atoms with Gasteiger partial charge in [0, 0.05) is 11.0 Å². The number of Topliss-reactive ketones (excluding diaryl/α,β-unsaturated/α-hetero) is 1. The fourth-order valence-corrected chi connectivity index (χ4v) is 2.53. The van der Waals surface area contributed by atoms with Gasteiger partial charge in [-0.2, -0.15) is 0 Å². The lowest BCUT2D eigenvalue weighted by molar-refractivity contribution is -0.114. The minimum absolute atomic E-state index is 0.381. The van der Waals surface area contributed by atoms with Crippen molar-refractivity contribution in [1.82, 2.24) is 0 Å². The molecule has 0 saturated carbocycles. The van der Waals surface area contributed by atoms with Gasteiger partial charge in [0.2, 0.25) is 0 Å².